The Morgan fingerprint density at radius 3 is 2.67 bits per heavy atom. The molecule has 9 nitrogen and oxygen atoms in total. The van der Waals surface area contributed by atoms with E-state index in [9.17, 15) is 4.79 Å². The van der Waals surface area contributed by atoms with Gasteiger partial charge in [0.25, 0.3) is 11.8 Å². The van der Waals surface area contributed by atoms with Gasteiger partial charge in [0.2, 0.25) is 0 Å². The summed E-state index contributed by atoms with van der Waals surface area (Å²) in [4.78, 5) is 22.1. The second-order valence-corrected chi connectivity index (χ2v) is 6.28. The molecule has 0 N–H and O–H groups in total. The zero-order chi connectivity index (χ0) is 19.1. The molecule has 3 heterocycles. The van der Waals surface area contributed by atoms with E-state index in [1.807, 2.05) is 13.8 Å². The van der Waals surface area contributed by atoms with Crippen molar-refractivity contribution in [3.63, 3.8) is 0 Å². The van der Waals surface area contributed by atoms with Crippen molar-refractivity contribution in [2.75, 3.05) is 26.2 Å². The second kappa shape index (κ2) is 9.31. The summed E-state index contributed by atoms with van der Waals surface area (Å²) in [5.74, 6) is 1.22. The summed E-state index contributed by atoms with van der Waals surface area (Å²) >= 11 is 0. The number of rotatable bonds is 8. The summed E-state index contributed by atoms with van der Waals surface area (Å²) in [6, 6.07) is 1.80. The molecule has 27 heavy (non-hydrogen) atoms. The number of esters is 1. The van der Waals surface area contributed by atoms with E-state index in [4.69, 9.17) is 18.7 Å². The number of carbonyl (C=O) groups excluding carboxylic acids is 1. The molecule has 0 bridgehead atoms. The van der Waals surface area contributed by atoms with Gasteiger partial charge < -0.3 is 18.7 Å². The van der Waals surface area contributed by atoms with Crippen LogP contribution in [0.2, 0.25) is 0 Å². The summed E-state index contributed by atoms with van der Waals surface area (Å²) in [7, 11) is 0. The standard InChI is InChI=1S/C18H24N4O5/c1-3-24-16(23)11-22-8-4-15(5-9-22)26-18-17(19-6-7-20-18)25-12-14-10-13(2)27-21-14/h6-7,10,15H,3-5,8-9,11-12H2,1-2H3. The van der Waals surface area contributed by atoms with Gasteiger partial charge in [-0.2, -0.15) is 0 Å². The molecule has 0 saturated carbocycles. The molecule has 2 aromatic rings. The molecular formula is C18H24N4O5. The molecule has 0 unspecified atom stereocenters. The number of aromatic nitrogens is 3. The van der Waals surface area contributed by atoms with Crippen molar-refractivity contribution in [1.29, 1.82) is 0 Å². The van der Waals surface area contributed by atoms with Gasteiger partial charge in [-0.1, -0.05) is 5.16 Å². The number of aryl methyl sites for hydroxylation is 1. The lowest BCUT2D eigenvalue weighted by Gasteiger charge is -2.31. The van der Waals surface area contributed by atoms with E-state index in [1.165, 1.54) is 0 Å². The smallest absolute Gasteiger partial charge is 0.320 e. The van der Waals surface area contributed by atoms with Crippen molar-refractivity contribution in [2.24, 2.45) is 0 Å². The third-order valence-electron chi connectivity index (χ3n) is 4.14. The van der Waals surface area contributed by atoms with Gasteiger partial charge in [-0.3, -0.25) is 9.69 Å². The van der Waals surface area contributed by atoms with E-state index in [-0.39, 0.29) is 18.7 Å². The lowest BCUT2D eigenvalue weighted by molar-refractivity contribution is -0.144. The van der Waals surface area contributed by atoms with Gasteiger partial charge >= 0.3 is 5.97 Å². The number of piperidine rings is 1. The molecule has 1 fully saturated rings. The Balaban J connectivity index is 1.50. The Morgan fingerprint density at radius 1 is 1.26 bits per heavy atom. The Morgan fingerprint density at radius 2 is 2.00 bits per heavy atom. The number of hydrogen-bond acceptors (Lipinski definition) is 9. The number of likely N-dealkylation sites (tertiary alicyclic amines) is 1. The van der Waals surface area contributed by atoms with Crippen LogP contribution < -0.4 is 9.47 Å². The fraction of sp³-hybridized carbons (Fsp3) is 0.556. The van der Waals surface area contributed by atoms with Gasteiger partial charge in [0.05, 0.1) is 13.2 Å². The molecule has 0 aliphatic carbocycles. The van der Waals surface area contributed by atoms with Crippen LogP contribution in [0.25, 0.3) is 0 Å². The molecule has 0 amide bonds. The Bertz CT molecular complexity index is 743. The summed E-state index contributed by atoms with van der Waals surface area (Å²) < 4.78 is 21.7. The summed E-state index contributed by atoms with van der Waals surface area (Å²) in [6.45, 7) is 6.10. The number of ether oxygens (including phenoxy) is 3. The normalized spacial score (nSPS) is 15.5. The molecule has 1 aliphatic heterocycles. The number of nitrogens with zero attached hydrogens (tertiary/aromatic N) is 4. The molecular weight excluding hydrogens is 352 g/mol. The zero-order valence-electron chi connectivity index (χ0n) is 15.6. The van der Waals surface area contributed by atoms with E-state index in [0.29, 0.717) is 30.6 Å². The third-order valence-corrected chi connectivity index (χ3v) is 4.14. The maximum atomic E-state index is 11.6. The predicted molar refractivity (Wildman–Crippen MR) is 94.3 cm³/mol. The zero-order valence-corrected chi connectivity index (χ0v) is 15.6. The molecule has 0 atom stereocenters. The molecule has 3 rings (SSSR count). The molecule has 2 aromatic heterocycles. The van der Waals surface area contributed by atoms with Crippen LogP contribution in [0.1, 0.15) is 31.2 Å². The van der Waals surface area contributed by atoms with Crippen LogP contribution in [-0.4, -0.2) is 58.3 Å². The molecule has 0 spiro atoms. The van der Waals surface area contributed by atoms with Crippen LogP contribution in [-0.2, 0) is 16.1 Å². The van der Waals surface area contributed by atoms with Crippen molar-refractivity contribution in [1.82, 2.24) is 20.0 Å². The average Bonchev–Trinajstić information content (AvgIpc) is 3.08. The Labute approximate surface area is 157 Å². The highest BCUT2D eigenvalue weighted by atomic mass is 16.5. The quantitative estimate of drug-likeness (QED) is 0.638. The van der Waals surface area contributed by atoms with Crippen molar-refractivity contribution in [3.05, 3.63) is 29.9 Å². The third kappa shape index (κ3) is 5.65. The molecule has 9 heteroatoms. The molecule has 1 saturated heterocycles. The van der Waals surface area contributed by atoms with Crippen LogP contribution in [0.15, 0.2) is 23.0 Å². The maximum absolute atomic E-state index is 11.6. The van der Waals surface area contributed by atoms with Gasteiger partial charge in [0, 0.05) is 31.5 Å². The Hall–Kier alpha value is -2.68. The molecule has 1 aliphatic rings. The highest BCUT2D eigenvalue weighted by molar-refractivity contribution is 5.71. The minimum atomic E-state index is -0.190. The first-order chi connectivity index (χ1) is 13.1. The maximum Gasteiger partial charge on any atom is 0.320 e. The van der Waals surface area contributed by atoms with Crippen molar-refractivity contribution < 1.29 is 23.5 Å². The summed E-state index contributed by atoms with van der Waals surface area (Å²) in [5, 5.41) is 3.89. The second-order valence-electron chi connectivity index (χ2n) is 6.28. The van der Waals surface area contributed by atoms with Gasteiger partial charge in [-0.25, -0.2) is 9.97 Å². The fourth-order valence-corrected chi connectivity index (χ4v) is 2.85. The van der Waals surface area contributed by atoms with Crippen molar-refractivity contribution in [2.45, 2.75) is 39.4 Å². The fourth-order valence-electron chi connectivity index (χ4n) is 2.85. The van der Waals surface area contributed by atoms with E-state index >= 15 is 0 Å². The average molecular weight is 376 g/mol. The van der Waals surface area contributed by atoms with E-state index in [2.05, 4.69) is 20.0 Å². The van der Waals surface area contributed by atoms with Crippen LogP contribution >= 0.6 is 0 Å². The van der Waals surface area contributed by atoms with Crippen LogP contribution in [0, 0.1) is 6.92 Å². The summed E-state index contributed by atoms with van der Waals surface area (Å²) in [6.07, 6.45) is 4.70. The first-order valence-electron chi connectivity index (χ1n) is 9.04. The van der Waals surface area contributed by atoms with Crippen molar-refractivity contribution >= 4 is 5.97 Å². The van der Waals surface area contributed by atoms with Gasteiger partial charge in [0.1, 0.15) is 24.2 Å². The van der Waals surface area contributed by atoms with Gasteiger partial charge in [-0.15, -0.1) is 0 Å². The SMILES string of the molecule is CCOC(=O)CN1CCC(Oc2nccnc2OCc2cc(C)on2)CC1. The van der Waals surface area contributed by atoms with E-state index in [1.54, 1.807) is 18.5 Å². The number of hydrogen-bond donors (Lipinski definition) is 0. The van der Waals surface area contributed by atoms with Crippen molar-refractivity contribution in [3.8, 4) is 11.8 Å². The highest BCUT2D eigenvalue weighted by Gasteiger charge is 2.24. The molecule has 146 valence electrons. The van der Waals surface area contributed by atoms with Crippen LogP contribution in [0.4, 0.5) is 0 Å². The lowest BCUT2D eigenvalue weighted by Crippen LogP contribution is -2.41. The lowest BCUT2D eigenvalue weighted by atomic mass is 10.1. The van der Waals surface area contributed by atoms with Gasteiger partial charge in [0.15, 0.2) is 0 Å². The Kier molecular flexibility index (Phi) is 6.59. The van der Waals surface area contributed by atoms with Crippen LogP contribution in [0.3, 0.4) is 0 Å². The van der Waals surface area contributed by atoms with E-state index in [0.717, 1.165) is 31.7 Å². The van der Waals surface area contributed by atoms with E-state index < -0.39 is 0 Å². The minimum Gasteiger partial charge on any atom is -0.470 e. The summed E-state index contributed by atoms with van der Waals surface area (Å²) in [5.41, 5.74) is 0.677. The first kappa shape index (κ1) is 19.1. The van der Waals surface area contributed by atoms with Crippen LogP contribution in [0.5, 0.6) is 11.8 Å². The minimum absolute atomic E-state index is 0.00297. The highest BCUT2D eigenvalue weighted by Crippen LogP contribution is 2.25. The molecule has 0 aromatic carbocycles. The predicted octanol–water partition coefficient (Wildman–Crippen LogP) is 1.76. The van der Waals surface area contributed by atoms with Gasteiger partial charge in [-0.05, 0) is 26.7 Å². The largest absolute Gasteiger partial charge is 0.470 e. The first-order valence-corrected chi connectivity index (χ1v) is 9.04. The monoisotopic (exact) mass is 376 g/mol. The topological polar surface area (TPSA) is 99.8 Å². The number of carbonyl (C=O) groups is 1. The molecule has 0 radical (unpaired) electrons.